The first-order valence-corrected chi connectivity index (χ1v) is 6.05. The molecule has 0 atom stereocenters. The van der Waals surface area contributed by atoms with Crippen molar-refractivity contribution in [3.05, 3.63) is 28.5 Å². The first-order valence-electron chi connectivity index (χ1n) is 5.26. The fourth-order valence-corrected chi connectivity index (χ4v) is 1.48. The second kappa shape index (κ2) is 6.56. The van der Waals surface area contributed by atoms with Crippen LogP contribution in [0.25, 0.3) is 0 Å². The van der Waals surface area contributed by atoms with Gasteiger partial charge < -0.3 is 5.32 Å². The zero-order valence-electron chi connectivity index (χ0n) is 9.80. The van der Waals surface area contributed by atoms with Crippen molar-refractivity contribution in [2.75, 3.05) is 11.9 Å². The molecular formula is C11H16BrFN4. The molecule has 0 amide bonds. The average Bonchev–Trinajstić information content (AvgIpc) is 2.28. The van der Waals surface area contributed by atoms with Gasteiger partial charge in [0.05, 0.1) is 5.69 Å². The number of guanidine groups is 1. The molecule has 0 aliphatic carbocycles. The Kier molecular flexibility index (Phi) is 5.37. The normalized spacial score (nSPS) is 11.8. The van der Waals surface area contributed by atoms with Crippen LogP contribution < -0.4 is 16.6 Å². The van der Waals surface area contributed by atoms with E-state index in [1.54, 1.807) is 12.1 Å². The molecule has 1 aromatic carbocycles. The molecule has 94 valence electrons. The molecule has 1 rings (SSSR count). The molecule has 0 saturated heterocycles. The van der Waals surface area contributed by atoms with E-state index >= 15 is 0 Å². The molecule has 1 aromatic rings. The van der Waals surface area contributed by atoms with Crippen molar-refractivity contribution in [2.24, 2.45) is 16.8 Å². The van der Waals surface area contributed by atoms with E-state index in [4.69, 9.17) is 5.84 Å². The SMILES string of the molecule is CC(C)CN=C(NN)Nc1cc(Br)ccc1F. The number of rotatable bonds is 3. The molecule has 6 heteroatoms. The van der Waals surface area contributed by atoms with Gasteiger partial charge in [0.15, 0.2) is 0 Å². The van der Waals surface area contributed by atoms with Crippen molar-refractivity contribution in [3.8, 4) is 0 Å². The Labute approximate surface area is 109 Å². The molecule has 4 N–H and O–H groups in total. The van der Waals surface area contributed by atoms with Gasteiger partial charge in [0.2, 0.25) is 5.96 Å². The highest BCUT2D eigenvalue weighted by Crippen LogP contribution is 2.19. The van der Waals surface area contributed by atoms with Crippen LogP contribution in [0, 0.1) is 11.7 Å². The lowest BCUT2D eigenvalue weighted by Gasteiger charge is -2.11. The maximum atomic E-state index is 13.5. The summed E-state index contributed by atoms with van der Waals surface area (Å²) in [5, 5.41) is 2.80. The van der Waals surface area contributed by atoms with Gasteiger partial charge in [-0.3, -0.25) is 10.4 Å². The van der Waals surface area contributed by atoms with Gasteiger partial charge in [-0.15, -0.1) is 0 Å². The zero-order valence-corrected chi connectivity index (χ0v) is 11.4. The smallest absolute Gasteiger partial charge is 0.210 e. The van der Waals surface area contributed by atoms with Crippen molar-refractivity contribution in [2.45, 2.75) is 13.8 Å². The van der Waals surface area contributed by atoms with Gasteiger partial charge in [0, 0.05) is 11.0 Å². The number of halogens is 2. The Bertz CT molecular complexity index is 406. The molecule has 0 fully saturated rings. The number of aliphatic imine (C=N–C) groups is 1. The van der Waals surface area contributed by atoms with E-state index in [-0.39, 0.29) is 5.82 Å². The van der Waals surface area contributed by atoms with Crippen LogP contribution in [-0.2, 0) is 0 Å². The van der Waals surface area contributed by atoms with Gasteiger partial charge in [0.25, 0.3) is 0 Å². The van der Waals surface area contributed by atoms with E-state index < -0.39 is 0 Å². The molecule has 0 radical (unpaired) electrons. The van der Waals surface area contributed by atoms with E-state index in [0.29, 0.717) is 24.1 Å². The third-order valence-corrected chi connectivity index (χ3v) is 2.43. The molecule has 0 aliphatic heterocycles. The maximum Gasteiger partial charge on any atom is 0.210 e. The van der Waals surface area contributed by atoms with E-state index in [2.05, 4.69) is 31.7 Å². The van der Waals surface area contributed by atoms with Crippen molar-refractivity contribution in [1.82, 2.24) is 5.43 Å². The van der Waals surface area contributed by atoms with Crippen molar-refractivity contribution >= 4 is 27.6 Å². The van der Waals surface area contributed by atoms with Crippen LogP contribution in [0.15, 0.2) is 27.7 Å². The van der Waals surface area contributed by atoms with E-state index in [9.17, 15) is 4.39 Å². The summed E-state index contributed by atoms with van der Waals surface area (Å²) >= 11 is 3.27. The number of nitrogens with two attached hydrogens (primary N) is 1. The highest BCUT2D eigenvalue weighted by molar-refractivity contribution is 9.10. The summed E-state index contributed by atoms with van der Waals surface area (Å²) in [6, 6.07) is 4.61. The predicted molar refractivity (Wildman–Crippen MR) is 72.2 cm³/mol. The molecule has 0 saturated carbocycles. The van der Waals surface area contributed by atoms with Gasteiger partial charge in [-0.1, -0.05) is 29.8 Å². The minimum Gasteiger partial charge on any atom is -0.323 e. The van der Waals surface area contributed by atoms with Crippen LogP contribution in [0.5, 0.6) is 0 Å². The lowest BCUT2D eigenvalue weighted by molar-refractivity contribution is 0.631. The largest absolute Gasteiger partial charge is 0.323 e. The number of nitrogens with one attached hydrogen (secondary N) is 2. The summed E-state index contributed by atoms with van der Waals surface area (Å²) < 4.78 is 14.2. The van der Waals surface area contributed by atoms with Gasteiger partial charge in [-0.2, -0.15) is 0 Å². The summed E-state index contributed by atoms with van der Waals surface area (Å²) in [6.45, 7) is 4.69. The summed E-state index contributed by atoms with van der Waals surface area (Å²) in [5.74, 6) is 5.71. The summed E-state index contributed by atoms with van der Waals surface area (Å²) in [5.41, 5.74) is 2.73. The van der Waals surface area contributed by atoms with Crippen LogP contribution in [-0.4, -0.2) is 12.5 Å². The zero-order chi connectivity index (χ0) is 12.8. The predicted octanol–water partition coefficient (Wildman–Crippen LogP) is 2.48. The fraction of sp³-hybridized carbons (Fsp3) is 0.364. The van der Waals surface area contributed by atoms with Crippen molar-refractivity contribution < 1.29 is 4.39 Å². The highest BCUT2D eigenvalue weighted by Gasteiger charge is 2.05. The van der Waals surface area contributed by atoms with Crippen LogP contribution in [0.2, 0.25) is 0 Å². The van der Waals surface area contributed by atoms with Gasteiger partial charge in [-0.05, 0) is 24.1 Å². The number of nitrogens with zero attached hydrogens (tertiary/aromatic N) is 1. The quantitative estimate of drug-likeness (QED) is 0.348. The van der Waals surface area contributed by atoms with Crippen molar-refractivity contribution in [3.63, 3.8) is 0 Å². The molecule has 0 unspecified atom stereocenters. The Morgan fingerprint density at radius 3 is 2.82 bits per heavy atom. The standard InChI is InChI=1S/C11H16BrFN4/c1-7(2)6-15-11(17-14)16-10-5-8(12)3-4-9(10)13/h3-5,7H,6,14H2,1-2H3,(H2,15,16,17). The molecule has 0 aliphatic rings. The number of hydrogen-bond donors (Lipinski definition) is 3. The first kappa shape index (κ1) is 13.9. The Hall–Kier alpha value is -1.14. The molecule has 4 nitrogen and oxygen atoms in total. The minimum atomic E-state index is -0.360. The molecule has 0 heterocycles. The summed E-state index contributed by atoms with van der Waals surface area (Å²) in [6.07, 6.45) is 0. The second-order valence-corrected chi connectivity index (χ2v) is 4.89. The van der Waals surface area contributed by atoms with Gasteiger partial charge >= 0.3 is 0 Å². The minimum absolute atomic E-state index is 0.319. The van der Waals surface area contributed by atoms with Crippen LogP contribution in [0.4, 0.5) is 10.1 Å². The fourth-order valence-electron chi connectivity index (χ4n) is 1.12. The van der Waals surface area contributed by atoms with E-state index in [1.807, 2.05) is 13.8 Å². The van der Waals surface area contributed by atoms with Gasteiger partial charge in [0.1, 0.15) is 5.82 Å². The lowest BCUT2D eigenvalue weighted by atomic mass is 10.2. The monoisotopic (exact) mass is 302 g/mol. The topological polar surface area (TPSA) is 62.4 Å². The third kappa shape index (κ3) is 4.70. The molecule has 0 aromatic heterocycles. The Morgan fingerprint density at radius 2 is 2.24 bits per heavy atom. The molecule has 17 heavy (non-hydrogen) atoms. The molecule has 0 spiro atoms. The Balaban J connectivity index is 2.80. The lowest BCUT2D eigenvalue weighted by Crippen LogP contribution is -2.36. The summed E-state index contributed by atoms with van der Waals surface area (Å²) in [7, 11) is 0. The maximum absolute atomic E-state index is 13.5. The molecular weight excluding hydrogens is 287 g/mol. The summed E-state index contributed by atoms with van der Waals surface area (Å²) in [4.78, 5) is 4.20. The Morgan fingerprint density at radius 1 is 1.53 bits per heavy atom. The van der Waals surface area contributed by atoms with E-state index in [0.717, 1.165) is 4.47 Å². The highest BCUT2D eigenvalue weighted by atomic mass is 79.9. The van der Waals surface area contributed by atoms with Crippen molar-refractivity contribution in [1.29, 1.82) is 0 Å². The first-order chi connectivity index (χ1) is 8.02. The second-order valence-electron chi connectivity index (χ2n) is 3.98. The number of hydrazine groups is 1. The third-order valence-electron chi connectivity index (χ3n) is 1.93. The van der Waals surface area contributed by atoms with Crippen LogP contribution >= 0.6 is 15.9 Å². The van der Waals surface area contributed by atoms with Crippen LogP contribution in [0.3, 0.4) is 0 Å². The van der Waals surface area contributed by atoms with E-state index in [1.165, 1.54) is 6.07 Å². The molecule has 0 bridgehead atoms. The number of benzene rings is 1. The average molecular weight is 303 g/mol. The van der Waals surface area contributed by atoms with Gasteiger partial charge in [-0.25, -0.2) is 10.2 Å². The number of anilines is 1. The number of hydrogen-bond acceptors (Lipinski definition) is 2. The van der Waals surface area contributed by atoms with Crippen LogP contribution in [0.1, 0.15) is 13.8 Å².